The van der Waals surface area contributed by atoms with Crippen LogP contribution in [-0.4, -0.2) is 23.5 Å². The first-order chi connectivity index (χ1) is 12.1. The van der Waals surface area contributed by atoms with Gasteiger partial charge in [-0.1, -0.05) is 6.07 Å². The molecule has 1 aliphatic heterocycles. The van der Waals surface area contributed by atoms with Gasteiger partial charge in [0.2, 0.25) is 5.69 Å². The van der Waals surface area contributed by atoms with E-state index in [0.717, 1.165) is 10.5 Å². The molecule has 4 rings (SSSR count). The second-order valence-electron chi connectivity index (χ2n) is 5.82. The first-order valence-corrected chi connectivity index (χ1v) is 8.03. The van der Waals surface area contributed by atoms with E-state index in [1.807, 2.05) is 32.0 Å². The number of hydrogen-bond acceptors (Lipinski definition) is 4. The summed E-state index contributed by atoms with van der Waals surface area (Å²) in [5.74, 6) is 0.308. The van der Waals surface area contributed by atoms with Crippen molar-refractivity contribution in [2.75, 3.05) is 11.5 Å². The summed E-state index contributed by atoms with van der Waals surface area (Å²) in [6.45, 7) is 4.41. The van der Waals surface area contributed by atoms with Crippen molar-refractivity contribution in [2.45, 2.75) is 13.8 Å². The van der Waals surface area contributed by atoms with Crippen molar-refractivity contribution in [2.24, 2.45) is 0 Å². The van der Waals surface area contributed by atoms with Gasteiger partial charge in [-0.25, -0.2) is 9.78 Å². The van der Waals surface area contributed by atoms with Crippen molar-refractivity contribution >= 4 is 28.7 Å². The minimum absolute atomic E-state index is 0.259. The summed E-state index contributed by atoms with van der Waals surface area (Å²) in [7, 11) is 0. The van der Waals surface area contributed by atoms with Gasteiger partial charge >= 0.3 is 11.9 Å². The Bertz CT molecular complexity index is 1010. The summed E-state index contributed by atoms with van der Waals surface area (Å²) in [6.07, 6.45) is 1.45. The number of imide groups is 1. The first kappa shape index (κ1) is 15.3. The van der Waals surface area contributed by atoms with Crippen molar-refractivity contribution in [3.05, 3.63) is 59.9 Å². The molecule has 25 heavy (non-hydrogen) atoms. The molecule has 0 N–H and O–H groups in total. The van der Waals surface area contributed by atoms with Crippen LogP contribution in [0.2, 0.25) is 0 Å². The van der Waals surface area contributed by atoms with Gasteiger partial charge in [-0.2, -0.15) is 4.79 Å². The largest absolute Gasteiger partial charge is 0.512 e. The Morgan fingerprint density at radius 3 is 2.60 bits per heavy atom. The third-order valence-corrected chi connectivity index (χ3v) is 4.15. The van der Waals surface area contributed by atoms with Crippen LogP contribution < -0.4 is 14.2 Å². The van der Waals surface area contributed by atoms with E-state index in [0.29, 0.717) is 29.1 Å². The van der Waals surface area contributed by atoms with Crippen LogP contribution in [0.3, 0.4) is 0 Å². The van der Waals surface area contributed by atoms with Gasteiger partial charge in [0.05, 0.1) is 12.8 Å². The monoisotopic (exact) mass is 334 g/mol. The van der Waals surface area contributed by atoms with Crippen molar-refractivity contribution in [3.63, 3.8) is 0 Å². The van der Waals surface area contributed by atoms with Crippen LogP contribution >= 0.6 is 0 Å². The fraction of sp³-hybridized carbons (Fsp3) is 0.158. The highest BCUT2D eigenvalue weighted by atomic mass is 16.5. The molecule has 0 aliphatic carbocycles. The van der Waals surface area contributed by atoms with Gasteiger partial charge in [-0.3, -0.25) is 0 Å². The molecule has 0 saturated heterocycles. The van der Waals surface area contributed by atoms with Crippen LogP contribution in [0.25, 0.3) is 11.0 Å². The normalized spacial score (nSPS) is 13.4. The molecule has 124 valence electrons. The zero-order valence-electron chi connectivity index (χ0n) is 13.9. The number of ether oxygens (including phenoxy) is 1. The number of carbonyl (C=O) groups excluding carboxylic acids is 2. The number of nitrogens with zero attached hydrogens (tertiary/aromatic N) is 3. The number of aryl methyl sites for hydroxylation is 1. The summed E-state index contributed by atoms with van der Waals surface area (Å²) < 4.78 is 6.82. The van der Waals surface area contributed by atoms with Crippen molar-refractivity contribution < 1.29 is 18.9 Å². The van der Waals surface area contributed by atoms with E-state index in [9.17, 15) is 9.59 Å². The number of carbonyl (C=O) groups is 2. The molecule has 0 radical (unpaired) electrons. The number of rotatable bonds is 3. The van der Waals surface area contributed by atoms with Gasteiger partial charge in [0, 0.05) is 0 Å². The maximum atomic E-state index is 12.9. The third kappa shape index (κ3) is 2.34. The number of fused-ring (bicyclic) bond motifs is 3. The molecular weight excluding hydrogens is 318 g/mol. The maximum Gasteiger partial charge on any atom is 0.512 e. The van der Waals surface area contributed by atoms with Crippen molar-refractivity contribution in [1.29, 1.82) is 0 Å². The molecule has 2 aromatic carbocycles. The molecule has 0 fully saturated rings. The van der Waals surface area contributed by atoms with E-state index in [2.05, 4.69) is 4.98 Å². The van der Waals surface area contributed by atoms with Gasteiger partial charge in [-0.05, 0) is 55.8 Å². The summed E-state index contributed by atoms with van der Waals surface area (Å²) in [5.41, 5.74) is 3.10. The van der Waals surface area contributed by atoms with Gasteiger partial charge in [0.1, 0.15) is 17.0 Å². The summed E-state index contributed by atoms with van der Waals surface area (Å²) in [4.78, 5) is 31.2. The van der Waals surface area contributed by atoms with Crippen LogP contribution in [0.4, 0.5) is 10.5 Å². The molecule has 6 nitrogen and oxygen atoms in total. The Morgan fingerprint density at radius 1 is 1.12 bits per heavy atom. The maximum absolute atomic E-state index is 12.9. The van der Waals surface area contributed by atoms with Crippen LogP contribution in [-0.2, 0) is 0 Å². The van der Waals surface area contributed by atoms with Gasteiger partial charge < -0.3 is 4.74 Å². The number of anilines is 1. The van der Waals surface area contributed by atoms with E-state index >= 15 is 0 Å². The molecule has 6 heteroatoms. The molecule has 2 amide bonds. The Balaban J connectivity index is 1.81. The molecule has 2 heterocycles. The molecule has 1 aromatic heterocycles. The lowest BCUT2D eigenvalue weighted by atomic mass is 10.2. The molecular formula is C19H16N3O3+. The quantitative estimate of drug-likeness (QED) is 0.691. The van der Waals surface area contributed by atoms with E-state index in [1.54, 1.807) is 24.3 Å². The Labute approximate surface area is 144 Å². The van der Waals surface area contributed by atoms with E-state index in [-0.39, 0.29) is 11.6 Å². The van der Waals surface area contributed by atoms with E-state index in [4.69, 9.17) is 4.74 Å². The Morgan fingerprint density at radius 2 is 1.88 bits per heavy atom. The topological polar surface area (TPSA) is 63.4 Å². The SMILES string of the molecule is CCOc1ccc(N2C(=O)c3cnc4cc(C)ccc4[n+]3C2=O)cc1. The minimum Gasteiger partial charge on any atom is -0.494 e. The number of hydrogen-bond donors (Lipinski definition) is 0. The van der Waals surface area contributed by atoms with E-state index < -0.39 is 6.03 Å². The predicted octanol–water partition coefficient (Wildman–Crippen LogP) is 2.86. The number of benzene rings is 2. The van der Waals surface area contributed by atoms with Crippen molar-refractivity contribution in [1.82, 2.24) is 4.98 Å². The fourth-order valence-corrected chi connectivity index (χ4v) is 2.99. The zero-order chi connectivity index (χ0) is 17.6. The lowest BCUT2D eigenvalue weighted by Crippen LogP contribution is -2.46. The van der Waals surface area contributed by atoms with E-state index in [1.165, 1.54) is 10.8 Å². The van der Waals surface area contributed by atoms with Gasteiger partial charge in [0.25, 0.3) is 0 Å². The standard InChI is InChI=1S/C19H16N3O3/c1-3-25-14-7-5-13(6-8-14)21-18(23)17-11-20-15-10-12(2)4-9-16(15)22(17)19(21)24/h4-11H,3H2,1-2H3/q+1. The fourth-order valence-electron chi connectivity index (χ4n) is 2.99. The Hall–Kier alpha value is -3.28. The third-order valence-electron chi connectivity index (χ3n) is 4.15. The molecule has 3 aromatic rings. The lowest BCUT2D eigenvalue weighted by molar-refractivity contribution is -0.537. The average Bonchev–Trinajstić information content (AvgIpc) is 2.87. The molecule has 0 bridgehead atoms. The van der Waals surface area contributed by atoms with Crippen LogP contribution in [0.1, 0.15) is 23.0 Å². The molecule has 0 spiro atoms. The van der Waals surface area contributed by atoms with Gasteiger partial charge in [-0.15, -0.1) is 9.47 Å². The number of aromatic nitrogens is 2. The smallest absolute Gasteiger partial charge is 0.494 e. The second kappa shape index (κ2) is 5.66. The van der Waals surface area contributed by atoms with Crippen LogP contribution in [0.15, 0.2) is 48.7 Å². The molecule has 1 aliphatic rings. The summed E-state index contributed by atoms with van der Waals surface area (Å²) in [6, 6.07) is 12.1. The van der Waals surface area contributed by atoms with Crippen LogP contribution in [0.5, 0.6) is 5.75 Å². The molecule has 0 atom stereocenters. The highest BCUT2D eigenvalue weighted by Gasteiger charge is 2.48. The van der Waals surface area contributed by atoms with Crippen molar-refractivity contribution in [3.8, 4) is 5.75 Å². The first-order valence-electron chi connectivity index (χ1n) is 8.03. The second-order valence-corrected chi connectivity index (χ2v) is 5.82. The zero-order valence-corrected chi connectivity index (χ0v) is 13.9. The minimum atomic E-state index is -0.402. The van der Waals surface area contributed by atoms with Crippen LogP contribution in [0, 0.1) is 6.92 Å². The molecule has 0 unspecified atom stereocenters. The predicted molar refractivity (Wildman–Crippen MR) is 91.9 cm³/mol. The lowest BCUT2D eigenvalue weighted by Gasteiger charge is -2.06. The highest BCUT2D eigenvalue weighted by Crippen LogP contribution is 2.24. The summed E-state index contributed by atoms with van der Waals surface area (Å²) >= 11 is 0. The summed E-state index contributed by atoms with van der Waals surface area (Å²) in [5, 5.41) is 0. The van der Waals surface area contributed by atoms with Gasteiger partial charge in [0.15, 0.2) is 5.52 Å². The average molecular weight is 334 g/mol. The highest BCUT2D eigenvalue weighted by molar-refractivity contribution is 6.21. The molecule has 0 saturated carbocycles. The Kier molecular flexibility index (Phi) is 3.46. The number of amides is 2.